The minimum atomic E-state index is 0.471. The fourth-order valence-corrected chi connectivity index (χ4v) is 3.15. The van der Waals surface area contributed by atoms with E-state index in [1.807, 2.05) is 21.0 Å². The smallest absolute Gasteiger partial charge is 0.132 e. The normalized spacial score (nSPS) is 24.4. The second-order valence-corrected chi connectivity index (χ2v) is 5.98. The molecule has 0 radical (unpaired) electrons. The Labute approximate surface area is 121 Å². The molecule has 0 N–H and O–H groups in total. The number of nitrogens with zero attached hydrogens (tertiary/aromatic N) is 4. The van der Waals surface area contributed by atoms with Gasteiger partial charge in [-0.1, -0.05) is 0 Å². The Balaban J connectivity index is 1.78. The van der Waals surface area contributed by atoms with E-state index in [2.05, 4.69) is 25.8 Å². The molecule has 0 bridgehead atoms. The first kappa shape index (κ1) is 13.8. The monoisotopic (exact) mass is 276 g/mol. The van der Waals surface area contributed by atoms with Crippen molar-refractivity contribution in [3.8, 4) is 0 Å². The van der Waals surface area contributed by atoms with Crippen molar-refractivity contribution in [1.82, 2.24) is 14.9 Å². The van der Waals surface area contributed by atoms with Crippen molar-refractivity contribution in [2.75, 3.05) is 38.8 Å². The molecule has 5 heteroatoms. The number of aromatic nitrogens is 2. The van der Waals surface area contributed by atoms with Crippen molar-refractivity contribution in [3.05, 3.63) is 17.6 Å². The molecular weight excluding hydrogens is 252 g/mol. The topological polar surface area (TPSA) is 41.5 Å². The van der Waals surface area contributed by atoms with Crippen molar-refractivity contribution in [2.24, 2.45) is 0 Å². The van der Waals surface area contributed by atoms with E-state index in [0.29, 0.717) is 12.1 Å². The van der Waals surface area contributed by atoms with Crippen LogP contribution >= 0.6 is 0 Å². The van der Waals surface area contributed by atoms with E-state index in [9.17, 15) is 0 Å². The molecule has 3 rings (SSSR count). The van der Waals surface area contributed by atoms with Crippen LogP contribution in [0.25, 0.3) is 0 Å². The van der Waals surface area contributed by atoms with E-state index in [1.54, 1.807) is 0 Å². The van der Waals surface area contributed by atoms with Crippen LogP contribution in [0, 0.1) is 6.92 Å². The zero-order chi connectivity index (χ0) is 14.1. The fraction of sp³-hybridized carbons (Fsp3) is 0.733. The van der Waals surface area contributed by atoms with Gasteiger partial charge in [-0.3, -0.25) is 4.90 Å². The second kappa shape index (κ2) is 5.66. The molecule has 110 valence electrons. The number of likely N-dealkylation sites (tertiary alicyclic amines) is 1. The molecule has 1 aromatic rings. The predicted octanol–water partition coefficient (Wildman–Crippen LogP) is 1.78. The van der Waals surface area contributed by atoms with E-state index in [4.69, 9.17) is 4.74 Å². The maximum absolute atomic E-state index is 5.47. The molecule has 1 unspecified atom stereocenters. The van der Waals surface area contributed by atoms with E-state index in [1.165, 1.54) is 18.7 Å². The molecule has 2 aliphatic rings. The Morgan fingerprint density at radius 1 is 1.20 bits per heavy atom. The van der Waals surface area contributed by atoms with Crippen molar-refractivity contribution in [2.45, 2.75) is 38.3 Å². The summed E-state index contributed by atoms with van der Waals surface area (Å²) in [5, 5.41) is 0. The van der Waals surface area contributed by atoms with E-state index >= 15 is 0 Å². The van der Waals surface area contributed by atoms with Gasteiger partial charge in [-0.2, -0.15) is 0 Å². The van der Waals surface area contributed by atoms with Crippen LogP contribution in [-0.2, 0) is 4.74 Å². The van der Waals surface area contributed by atoms with Gasteiger partial charge >= 0.3 is 0 Å². The maximum Gasteiger partial charge on any atom is 0.132 e. The van der Waals surface area contributed by atoms with Crippen molar-refractivity contribution < 1.29 is 4.74 Å². The summed E-state index contributed by atoms with van der Waals surface area (Å²) in [6.07, 6.45) is 3.52. The van der Waals surface area contributed by atoms with E-state index in [0.717, 1.165) is 37.7 Å². The number of ether oxygens (including phenoxy) is 1. The third-order valence-electron chi connectivity index (χ3n) is 4.36. The van der Waals surface area contributed by atoms with Gasteiger partial charge in [0.05, 0.1) is 11.7 Å². The first-order valence-electron chi connectivity index (χ1n) is 7.51. The van der Waals surface area contributed by atoms with Gasteiger partial charge in [0.2, 0.25) is 0 Å². The molecule has 2 saturated heterocycles. The lowest BCUT2D eigenvalue weighted by molar-refractivity contribution is -0.0257. The molecule has 2 aliphatic heterocycles. The molecular formula is C15H24N4O. The Bertz CT molecular complexity index is 471. The number of rotatable bonds is 3. The van der Waals surface area contributed by atoms with Crippen molar-refractivity contribution in [1.29, 1.82) is 0 Å². The maximum atomic E-state index is 5.47. The highest BCUT2D eigenvalue weighted by Gasteiger charge is 2.36. The highest BCUT2D eigenvalue weighted by atomic mass is 16.5. The fourth-order valence-electron chi connectivity index (χ4n) is 3.15. The summed E-state index contributed by atoms with van der Waals surface area (Å²) in [5.41, 5.74) is 1.18. The van der Waals surface area contributed by atoms with Crippen molar-refractivity contribution >= 4 is 5.82 Å². The second-order valence-electron chi connectivity index (χ2n) is 5.98. The molecule has 3 heterocycles. The summed E-state index contributed by atoms with van der Waals surface area (Å²) >= 11 is 0. The van der Waals surface area contributed by atoms with Gasteiger partial charge in [0.15, 0.2) is 0 Å². The van der Waals surface area contributed by atoms with Gasteiger partial charge in [-0.15, -0.1) is 0 Å². The van der Waals surface area contributed by atoms with Crippen LogP contribution in [-0.4, -0.2) is 54.8 Å². The average Bonchev–Trinajstić information content (AvgIpc) is 2.38. The number of hydrogen-bond donors (Lipinski definition) is 0. The number of hydrogen-bond acceptors (Lipinski definition) is 5. The van der Waals surface area contributed by atoms with Gasteiger partial charge < -0.3 is 9.64 Å². The van der Waals surface area contributed by atoms with Crippen LogP contribution in [0.2, 0.25) is 0 Å². The first-order chi connectivity index (χ1) is 9.65. The van der Waals surface area contributed by atoms with Crippen LogP contribution in [0.1, 0.15) is 36.8 Å². The molecule has 20 heavy (non-hydrogen) atoms. The van der Waals surface area contributed by atoms with Crippen LogP contribution in [0.3, 0.4) is 0 Å². The molecule has 5 nitrogen and oxygen atoms in total. The van der Waals surface area contributed by atoms with Crippen molar-refractivity contribution in [3.63, 3.8) is 0 Å². The SMILES string of the molecule is Cc1nc(C2CCN2C2CCOCC2)cc(N(C)C)n1. The lowest BCUT2D eigenvalue weighted by Gasteiger charge is -2.47. The van der Waals surface area contributed by atoms with E-state index in [-0.39, 0.29) is 0 Å². The third kappa shape index (κ3) is 2.65. The lowest BCUT2D eigenvalue weighted by atomic mass is 9.93. The predicted molar refractivity (Wildman–Crippen MR) is 79.0 cm³/mol. The molecule has 2 fully saturated rings. The number of aryl methyl sites for hydroxylation is 1. The standard InChI is InChI=1S/C15H24N4O/c1-11-16-13(10-15(17-11)18(2)3)14-4-7-19(14)12-5-8-20-9-6-12/h10,12,14H,4-9H2,1-3H3. The summed E-state index contributed by atoms with van der Waals surface area (Å²) in [4.78, 5) is 13.8. The molecule has 0 saturated carbocycles. The van der Waals surface area contributed by atoms with Crippen LogP contribution in [0.4, 0.5) is 5.82 Å². The largest absolute Gasteiger partial charge is 0.381 e. The van der Waals surface area contributed by atoms with E-state index < -0.39 is 0 Å². The molecule has 1 atom stereocenters. The molecule has 0 aromatic carbocycles. The Hall–Kier alpha value is -1.20. The average molecular weight is 276 g/mol. The third-order valence-corrected chi connectivity index (χ3v) is 4.36. The zero-order valence-electron chi connectivity index (χ0n) is 12.7. The quantitative estimate of drug-likeness (QED) is 0.841. The molecule has 0 amide bonds. The molecule has 1 aromatic heterocycles. The highest BCUT2D eigenvalue weighted by Crippen LogP contribution is 2.37. The lowest BCUT2D eigenvalue weighted by Crippen LogP contribution is -2.50. The summed E-state index contributed by atoms with van der Waals surface area (Å²) < 4.78 is 5.47. The molecule has 0 spiro atoms. The summed E-state index contributed by atoms with van der Waals surface area (Å²) in [6, 6.07) is 3.28. The van der Waals surface area contributed by atoms with Gasteiger partial charge in [-0.25, -0.2) is 9.97 Å². The molecule has 0 aliphatic carbocycles. The van der Waals surface area contributed by atoms with Gasteiger partial charge in [0, 0.05) is 46.0 Å². The minimum Gasteiger partial charge on any atom is -0.381 e. The Morgan fingerprint density at radius 3 is 2.55 bits per heavy atom. The van der Waals surface area contributed by atoms with Crippen LogP contribution in [0.15, 0.2) is 6.07 Å². The van der Waals surface area contributed by atoms with Gasteiger partial charge in [0.1, 0.15) is 11.6 Å². The van der Waals surface area contributed by atoms with Gasteiger partial charge in [-0.05, 0) is 26.2 Å². The number of anilines is 1. The summed E-state index contributed by atoms with van der Waals surface area (Å²) in [6.45, 7) is 4.98. The minimum absolute atomic E-state index is 0.471. The zero-order valence-corrected chi connectivity index (χ0v) is 12.7. The Kier molecular flexibility index (Phi) is 3.89. The highest BCUT2D eigenvalue weighted by molar-refractivity contribution is 5.39. The van der Waals surface area contributed by atoms with Gasteiger partial charge in [0.25, 0.3) is 0 Å². The van der Waals surface area contributed by atoms with Crippen LogP contribution < -0.4 is 4.90 Å². The summed E-state index contributed by atoms with van der Waals surface area (Å²) in [7, 11) is 4.06. The first-order valence-corrected chi connectivity index (χ1v) is 7.51. The van der Waals surface area contributed by atoms with Crippen LogP contribution in [0.5, 0.6) is 0 Å². The Morgan fingerprint density at radius 2 is 1.95 bits per heavy atom. The summed E-state index contributed by atoms with van der Waals surface area (Å²) in [5.74, 6) is 1.87.